The quantitative estimate of drug-likeness (QED) is 0.583. The van der Waals surface area contributed by atoms with Gasteiger partial charge in [0, 0.05) is 0 Å². The maximum absolute atomic E-state index is 11.4. The Labute approximate surface area is 136 Å². The van der Waals surface area contributed by atoms with E-state index in [2.05, 4.69) is 0 Å². The molecule has 0 saturated heterocycles. The van der Waals surface area contributed by atoms with Gasteiger partial charge in [0.25, 0.3) is 0 Å². The third-order valence-corrected chi connectivity index (χ3v) is 4.14. The van der Waals surface area contributed by atoms with Crippen molar-refractivity contribution in [3.05, 3.63) is 41.5 Å². The Morgan fingerprint density at radius 1 is 1.05 bits per heavy atom. The predicted octanol–water partition coefficient (Wildman–Crippen LogP) is -0.127. The summed E-state index contributed by atoms with van der Waals surface area (Å²) in [5.41, 5.74) is 1.71. The van der Waals surface area contributed by atoms with Crippen molar-refractivity contribution in [2.45, 2.75) is 31.6 Å². The van der Waals surface area contributed by atoms with Crippen LogP contribution in [0, 0.1) is 0 Å². The summed E-state index contributed by atoms with van der Waals surface area (Å²) in [7, 11) is -4.44. The average molecular weight is 286 g/mol. The SMILES string of the molecule is CCc1ccc2c(S(=O)(=O)[O-])c(CC)ccc2c1.[Na+]. The van der Waals surface area contributed by atoms with Gasteiger partial charge in [-0.15, -0.1) is 0 Å². The van der Waals surface area contributed by atoms with Crippen LogP contribution in [-0.2, 0) is 23.0 Å². The maximum Gasteiger partial charge on any atom is 1.00 e. The molecule has 0 spiro atoms. The maximum atomic E-state index is 11.4. The summed E-state index contributed by atoms with van der Waals surface area (Å²) < 4.78 is 34.3. The molecule has 0 amide bonds. The number of hydrogen-bond donors (Lipinski definition) is 0. The third kappa shape index (κ3) is 3.38. The Hall–Kier alpha value is -0.390. The summed E-state index contributed by atoms with van der Waals surface area (Å²) in [5, 5.41) is 1.34. The fourth-order valence-corrected chi connectivity index (χ4v) is 3.18. The van der Waals surface area contributed by atoms with E-state index in [1.807, 2.05) is 32.0 Å². The van der Waals surface area contributed by atoms with Crippen LogP contribution in [0.5, 0.6) is 0 Å². The largest absolute Gasteiger partial charge is 1.00 e. The average Bonchev–Trinajstić information content (AvgIpc) is 2.35. The zero-order valence-corrected chi connectivity index (χ0v) is 14.3. The minimum absolute atomic E-state index is 0. The van der Waals surface area contributed by atoms with E-state index >= 15 is 0 Å². The zero-order valence-electron chi connectivity index (χ0n) is 11.4. The second-order valence-electron chi connectivity index (χ2n) is 4.27. The van der Waals surface area contributed by atoms with E-state index in [1.165, 1.54) is 0 Å². The molecule has 2 rings (SSSR count). The van der Waals surface area contributed by atoms with Crippen LogP contribution in [0.25, 0.3) is 10.8 Å². The van der Waals surface area contributed by atoms with Crippen LogP contribution in [0.2, 0.25) is 0 Å². The van der Waals surface area contributed by atoms with E-state index < -0.39 is 10.1 Å². The normalized spacial score (nSPS) is 11.3. The van der Waals surface area contributed by atoms with Crippen molar-refractivity contribution in [2.75, 3.05) is 0 Å². The molecule has 2 aromatic carbocycles. The number of hydrogen-bond acceptors (Lipinski definition) is 3. The molecule has 0 N–H and O–H groups in total. The first-order chi connectivity index (χ1) is 8.47. The third-order valence-electron chi connectivity index (χ3n) is 3.16. The van der Waals surface area contributed by atoms with E-state index in [9.17, 15) is 13.0 Å². The molecule has 2 aromatic rings. The molecule has 0 fully saturated rings. The van der Waals surface area contributed by atoms with E-state index in [4.69, 9.17) is 0 Å². The minimum Gasteiger partial charge on any atom is -0.744 e. The zero-order chi connectivity index (χ0) is 13.3. The molecule has 0 aliphatic carbocycles. The summed E-state index contributed by atoms with van der Waals surface area (Å²) in [5.74, 6) is 0. The second-order valence-corrected chi connectivity index (χ2v) is 5.59. The molecule has 5 heteroatoms. The van der Waals surface area contributed by atoms with Gasteiger partial charge in [-0.1, -0.05) is 44.2 Å². The van der Waals surface area contributed by atoms with Gasteiger partial charge in [0.2, 0.25) is 0 Å². The van der Waals surface area contributed by atoms with Crippen molar-refractivity contribution in [2.24, 2.45) is 0 Å². The number of aryl methyl sites for hydroxylation is 2. The molecular formula is C14H15NaO3S. The fourth-order valence-electron chi connectivity index (χ4n) is 2.19. The van der Waals surface area contributed by atoms with Gasteiger partial charge in [-0.3, -0.25) is 0 Å². The molecule has 0 unspecified atom stereocenters. The van der Waals surface area contributed by atoms with Gasteiger partial charge in [-0.25, -0.2) is 8.42 Å². The number of benzene rings is 2. The standard InChI is InChI=1S/C14H16O3S.Na/c1-3-10-5-8-13-12(9-10)7-6-11(4-2)14(13)18(15,16)17;/h5-9H,3-4H2,1-2H3,(H,15,16,17);/q;+1/p-1. The van der Waals surface area contributed by atoms with Crippen LogP contribution in [0.15, 0.2) is 35.2 Å². The van der Waals surface area contributed by atoms with E-state index in [-0.39, 0.29) is 34.5 Å². The van der Waals surface area contributed by atoms with Gasteiger partial charge in [0.05, 0.1) is 4.90 Å². The van der Waals surface area contributed by atoms with Gasteiger partial charge in [0.15, 0.2) is 0 Å². The second kappa shape index (κ2) is 6.37. The van der Waals surface area contributed by atoms with Crippen LogP contribution in [0.3, 0.4) is 0 Å². The smallest absolute Gasteiger partial charge is 0.744 e. The van der Waals surface area contributed by atoms with Gasteiger partial charge >= 0.3 is 29.6 Å². The summed E-state index contributed by atoms with van der Waals surface area (Å²) in [4.78, 5) is -0.0647. The molecule has 0 radical (unpaired) electrons. The predicted molar refractivity (Wildman–Crippen MR) is 70.7 cm³/mol. The number of fused-ring (bicyclic) bond motifs is 1. The monoisotopic (exact) mass is 286 g/mol. The van der Waals surface area contributed by atoms with Crippen molar-refractivity contribution >= 4 is 20.9 Å². The van der Waals surface area contributed by atoms with Crippen molar-refractivity contribution in [3.63, 3.8) is 0 Å². The summed E-state index contributed by atoms with van der Waals surface area (Å²) in [6.45, 7) is 3.88. The summed E-state index contributed by atoms with van der Waals surface area (Å²) in [6.07, 6.45) is 1.41. The van der Waals surface area contributed by atoms with Crippen LogP contribution >= 0.6 is 0 Å². The van der Waals surface area contributed by atoms with E-state index in [0.29, 0.717) is 17.4 Å². The van der Waals surface area contributed by atoms with Crippen LogP contribution in [-0.4, -0.2) is 13.0 Å². The Morgan fingerprint density at radius 2 is 1.74 bits per heavy atom. The Balaban J connectivity index is 0.00000180. The van der Waals surface area contributed by atoms with Crippen LogP contribution in [0.4, 0.5) is 0 Å². The van der Waals surface area contributed by atoms with Crippen molar-refractivity contribution in [1.29, 1.82) is 0 Å². The van der Waals surface area contributed by atoms with Crippen LogP contribution < -0.4 is 29.6 Å². The summed E-state index contributed by atoms with van der Waals surface area (Å²) >= 11 is 0. The molecule has 96 valence electrons. The summed E-state index contributed by atoms with van der Waals surface area (Å²) in [6, 6.07) is 9.15. The first-order valence-corrected chi connectivity index (χ1v) is 7.38. The molecule has 0 atom stereocenters. The van der Waals surface area contributed by atoms with Gasteiger partial charge in [-0.2, -0.15) is 0 Å². The Kier molecular flexibility index (Phi) is 5.59. The van der Waals surface area contributed by atoms with Crippen molar-refractivity contribution in [3.8, 4) is 0 Å². The fraction of sp³-hybridized carbons (Fsp3) is 0.286. The number of rotatable bonds is 3. The first kappa shape index (κ1) is 16.7. The first-order valence-electron chi connectivity index (χ1n) is 5.97. The molecule has 0 heterocycles. The van der Waals surface area contributed by atoms with Gasteiger partial charge in [0.1, 0.15) is 10.1 Å². The van der Waals surface area contributed by atoms with Crippen molar-refractivity contribution in [1.82, 2.24) is 0 Å². The Bertz CT molecular complexity index is 693. The molecule has 0 bridgehead atoms. The molecule has 3 nitrogen and oxygen atoms in total. The molecule has 0 aromatic heterocycles. The molecular weight excluding hydrogens is 271 g/mol. The molecule has 19 heavy (non-hydrogen) atoms. The molecule has 0 saturated carbocycles. The van der Waals surface area contributed by atoms with Gasteiger partial charge in [-0.05, 0) is 34.7 Å². The van der Waals surface area contributed by atoms with E-state index in [0.717, 1.165) is 17.4 Å². The van der Waals surface area contributed by atoms with Crippen LogP contribution in [0.1, 0.15) is 25.0 Å². The molecule has 0 aliphatic rings. The van der Waals surface area contributed by atoms with Gasteiger partial charge < -0.3 is 4.55 Å². The minimum atomic E-state index is -4.44. The van der Waals surface area contributed by atoms with Crippen molar-refractivity contribution < 1.29 is 42.5 Å². The molecule has 0 aliphatic heterocycles. The topological polar surface area (TPSA) is 57.2 Å². The Morgan fingerprint density at radius 3 is 2.26 bits per heavy atom. The van der Waals surface area contributed by atoms with E-state index in [1.54, 1.807) is 12.1 Å².